The van der Waals surface area contributed by atoms with E-state index in [-0.39, 0.29) is 5.92 Å². The quantitative estimate of drug-likeness (QED) is 0.885. The van der Waals surface area contributed by atoms with Crippen molar-refractivity contribution in [3.05, 3.63) is 47.0 Å². The van der Waals surface area contributed by atoms with E-state index in [2.05, 4.69) is 16.4 Å². The average Bonchev–Trinajstić information content (AvgIpc) is 3.05. The summed E-state index contributed by atoms with van der Waals surface area (Å²) in [6.07, 6.45) is -1.95. The van der Waals surface area contributed by atoms with Crippen LogP contribution in [-0.2, 0) is 25.7 Å². The normalized spacial score (nSPS) is 16.8. The summed E-state index contributed by atoms with van der Waals surface area (Å²) in [4.78, 5) is 3.69. The van der Waals surface area contributed by atoms with E-state index in [4.69, 9.17) is 10.00 Å². The Morgan fingerprint density at radius 2 is 2.23 bits per heavy atom. The number of fused-ring (bicyclic) bond motifs is 1. The van der Waals surface area contributed by atoms with Crippen LogP contribution < -0.4 is 10.1 Å². The zero-order valence-electron chi connectivity index (χ0n) is 14.3. The summed E-state index contributed by atoms with van der Waals surface area (Å²) in [5.74, 6) is 1.28. The minimum Gasteiger partial charge on any atom is -0.495 e. The lowest BCUT2D eigenvalue weighted by Crippen LogP contribution is -2.29. The molecule has 0 aliphatic carbocycles. The number of nitriles is 1. The van der Waals surface area contributed by atoms with E-state index in [1.54, 1.807) is 16.7 Å². The predicted octanol–water partition coefficient (Wildman–Crippen LogP) is 3.13. The molecule has 0 saturated heterocycles. The number of hydrogen-bond donors (Lipinski definition) is 1. The lowest BCUT2D eigenvalue weighted by molar-refractivity contribution is -0.141. The molecular formula is C18H19F3N4O. The van der Waals surface area contributed by atoms with Crippen LogP contribution in [0.2, 0.25) is 0 Å². The van der Waals surface area contributed by atoms with Crippen molar-refractivity contribution >= 4 is 0 Å². The first-order chi connectivity index (χ1) is 12.4. The lowest BCUT2D eigenvalue weighted by Gasteiger charge is -2.24. The standard InChI is InChI=1S/C18H19F3N4O/c1-26-15-4-2-12(6-14(15)7-22)8-23-9-13-3-5-17-24-16(18(19,20)21)11-25(17)10-13/h2,4,6,11,13,23H,3,5,8-10H2,1H3/t13-/m0/s1. The van der Waals surface area contributed by atoms with Crippen molar-refractivity contribution in [2.75, 3.05) is 13.7 Å². The number of aromatic nitrogens is 2. The van der Waals surface area contributed by atoms with Gasteiger partial charge in [-0.3, -0.25) is 0 Å². The SMILES string of the molecule is COc1ccc(CNC[C@@H]2CCc3nc(C(F)(F)F)cn3C2)cc1C#N. The molecule has 8 heteroatoms. The molecule has 2 heterocycles. The largest absolute Gasteiger partial charge is 0.495 e. The third-order valence-electron chi connectivity index (χ3n) is 4.53. The molecule has 1 N–H and O–H groups in total. The second-order valence-corrected chi connectivity index (χ2v) is 6.37. The number of benzene rings is 1. The van der Waals surface area contributed by atoms with Crippen LogP contribution in [0.1, 0.15) is 29.1 Å². The summed E-state index contributed by atoms with van der Waals surface area (Å²) < 4.78 is 45.0. The van der Waals surface area contributed by atoms with Gasteiger partial charge in [0.1, 0.15) is 17.6 Å². The predicted molar refractivity (Wildman–Crippen MR) is 88.5 cm³/mol. The van der Waals surface area contributed by atoms with Crippen molar-refractivity contribution in [3.63, 3.8) is 0 Å². The number of ether oxygens (including phenoxy) is 1. The maximum Gasteiger partial charge on any atom is 0.434 e. The van der Waals surface area contributed by atoms with E-state index in [9.17, 15) is 13.2 Å². The average molecular weight is 364 g/mol. The van der Waals surface area contributed by atoms with Gasteiger partial charge in [0.25, 0.3) is 0 Å². The molecule has 0 saturated carbocycles. The van der Waals surface area contributed by atoms with Gasteiger partial charge in [0.05, 0.1) is 12.7 Å². The first-order valence-electron chi connectivity index (χ1n) is 8.31. The Kier molecular flexibility index (Phi) is 5.18. The number of nitrogens with one attached hydrogen (secondary N) is 1. The molecular weight excluding hydrogens is 345 g/mol. The maximum absolute atomic E-state index is 12.8. The van der Waals surface area contributed by atoms with Crippen molar-refractivity contribution in [1.82, 2.24) is 14.9 Å². The van der Waals surface area contributed by atoms with Crippen LogP contribution in [0, 0.1) is 17.2 Å². The molecule has 1 atom stereocenters. The van der Waals surface area contributed by atoms with Crippen molar-refractivity contribution in [2.24, 2.45) is 5.92 Å². The summed E-state index contributed by atoms with van der Waals surface area (Å²) in [5, 5.41) is 12.4. The number of methoxy groups -OCH3 is 1. The van der Waals surface area contributed by atoms with Gasteiger partial charge in [-0.05, 0) is 36.6 Å². The highest BCUT2D eigenvalue weighted by molar-refractivity contribution is 5.45. The van der Waals surface area contributed by atoms with Crippen LogP contribution >= 0.6 is 0 Å². The number of alkyl halides is 3. The zero-order valence-corrected chi connectivity index (χ0v) is 14.3. The Morgan fingerprint density at radius 1 is 1.42 bits per heavy atom. The number of imidazole rings is 1. The van der Waals surface area contributed by atoms with Crippen LogP contribution in [0.4, 0.5) is 13.2 Å². The highest BCUT2D eigenvalue weighted by Crippen LogP contribution is 2.30. The third kappa shape index (κ3) is 3.99. The Labute approximate surface area is 149 Å². The Bertz CT molecular complexity index is 823. The highest BCUT2D eigenvalue weighted by Gasteiger charge is 2.35. The van der Waals surface area contributed by atoms with Crippen molar-refractivity contribution in [3.8, 4) is 11.8 Å². The molecule has 0 spiro atoms. The molecule has 138 valence electrons. The molecule has 0 amide bonds. The second-order valence-electron chi connectivity index (χ2n) is 6.37. The number of aryl methyl sites for hydroxylation is 1. The van der Waals surface area contributed by atoms with Gasteiger partial charge in [0.2, 0.25) is 0 Å². The molecule has 1 aromatic carbocycles. The van der Waals surface area contributed by atoms with Crippen LogP contribution in [0.5, 0.6) is 5.75 Å². The van der Waals surface area contributed by atoms with Gasteiger partial charge in [-0.25, -0.2) is 4.98 Å². The Hall–Kier alpha value is -2.53. The molecule has 2 aromatic rings. The summed E-state index contributed by atoms with van der Waals surface area (Å²) in [5.41, 5.74) is 0.622. The van der Waals surface area contributed by atoms with E-state index < -0.39 is 11.9 Å². The monoisotopic (exact) mass is 364 g/mol. The fraction of sp³-hybridized carbons (Fsp3) is 0.444. The molecule has 0 radical (unpaired) electrons. The number of halogens is 3. The van der Waals surface area contributed by atoms with Crippen LogP contribution in [-0.4, -0.2) is 23.2 Å². The molecule has 1 aliphatic heterocycles. The van der Waals surface area contributed by atoms with E-state index in [0.29, 0.717) is 43.2 Å². The van der Waals surface area contributed by atoms with Gasteiger partial charge in [0.15, 0.2) is 5.69 Å². The van der Waals surface area contributed by atoms with Gasteiger partial charge in [-0.2, -0.15) is 18.4 Å². The first kappa shape index (κ1) is 18.3. The van der Waals surface area contributed by atoms with Crippen molar-refractivity contribution < 1.29 is 17.9 Å². The smallest absolute Gasteiger partial charge is 0.434 e. The molecule has 1 aromatic heterocycles. The molecule has 1 aliphatic rings. The van der Waals surface area contributed by atoms with Gasteiger partial charge in [-0.15, -0.1) is 0 Å². The van der Waals surface area contributed by atoms with Gasteiger partial charge >= 0.3 is 6.18 Å². The molecule has 0 fully saturated rings. The molecule has 5 nitrogen and oxygen atoms in total. The van der Waals surface area contributed by atoms with Crippen LogP contribution in [0.25, 0.3) is 0 Å². The Morgan fingerprint density at radius 3 is 2.92 bits per heavy atom. The maximum atomic E-state index is 12.8. The van der Waals surface area contributed by atoms with Crippen molar-refractivity contribution in [1.29, 1.82) is 5.26 Å². The van der Waals surface area contributed by atoms with Gasteiger partial charge in [0, 0.05) is 25.7 Å². The summed E-state index contributed by atoms with van der Waals surface area (Å²) in [7, 11) is 1.52. The second kappa shape index (κ2) is 7.38. The Balaban J connectivity index is 1.55. The number of hydrogen-bond acceptors (Lipinski definition) is 4. The van der Waals surface area contributed by atoms with Crippen LogP contribution in [0.3, 0.4) is 0 Å². The zero-order chi connectivity index (χ0) is 18.7. The minimum absolute atomic E-state index is 0.242. The van der Waals surface area contributed by atoms with E-state index in [1.807, 2.05) is 6.07 Å². The van der Waals surface area contributed by atoms with Gasteiger partial charge < -0.3 is 14.6 Å². The van der Waals surface area contributed by atoms with Crippen molar-refractivity contribution in [2.45, 2.75) is 32.1 Å². The highest BCUT2D eigenvalue weighted by atomic mass is 19.4. The lowest BCUT2D eigenvalue weighted by atomic mass is 9.99. The molecule has 0 unspecified atom stereocenters. The minimum atomic E-state index is -4.40. The number of rotatable bonds is 5. The summed E-state index contributed by atoms with van der Waals surface area (Å²) in [6, 6.07) is 7.51. The summed E-state index contributed by atoms with van der Waals surface area (Å²) in [6.45, 7) is 1.80. The third-order valence-corrected chi connectivity index (χ3v) is 4.53. The van der Waals surface area contributed by atoms with Crippen LogP contribution in [0.15, 0.2) is 24.4 Å². The molecule has 3 rings (SSSR count). The molecule has 0 bridgehead atoms. The fourth-order valence-electron chi connectivity index (χ4n) is 3.19. The first-order valence-corrected chi connectivity index (χ1v) is 8.31. The fourth-order valence-corrected chi connectivity index (χ4v) is 3.19. The number of nitrogens with zero attached hydrogens (tertiary/aromatic N) is 3. The van der Waals surface area contributed by atoms with E-state index >= 15 is 0 Å². The van der Waals surface area contributed by atoms with Gasteiger partial charge in [-0.1, -0.05) is 6.07 Å². The van der Waals surface area contributed by atoms with E-state index in [0.717, 1.165) is 18.2 Å². The molecule has 26 heavy (non-hydrogen) atoms. The topological polar surface area (TPSA) is 62.9 Å². The summed E-state index contributed by atoms with van der Waals surface area (Å²) >= 11 is 0. The van der Waals surface area contributed by atoms with E-state index in [1.165, 1.54) is 7.11 Å².